The largest absolute Gasteiger partial charge is 0.143 e. The first-order valence-corrected chi connectivity index (χ1v) is 7.89. The Morgan fingerprint density at radius 2 is 1.81 bits per heavy atom. The third kappa shape index (κ3) is 2.49. The molecule has 16 heavy (non-hydrogen) atoms. The molecule has 0 radical (unpaired) electrons. The number of rotatable bonds is 2. The molecule has 2 aromatic heterocycles. The molecule has 0 aliphatic heterocycles. The number of hydrogen-bond donors (Lipinski definition) is 0. The van der Waals surface area contributed by atoms with Gasteiger partial charge in [0, 0.05) is 19.1 Å². The van der Waals surface area contributed by atoms with E-state index in [1.165, 1.54) is 26.7 Å². The van der Waals surface area contributed by atoms with Crippen molar-refractivity contribution in [1.29, 1.82) is 0 Å². The first-order chi connectivity index (χ1) is 7.49. The Morgan fingerprint density at radius 3 is 2.25 bits per heavy atom. The number of halogens is 3. The second kappa shape index (κ2) is 4.99. The van der Waals surface area contributed by atoms with Crippen LogP contribution in [0.1, 0.15) is 25.6 Å². The molecule has 1 unspecified atom stereocenters. The summed E-state index contributed by atoms with van der Waals surface area (Å²) in [6.45, 7) is 4.22. The number of thiophene rings is 2. The molecule has 86 valence electrons. The lowest BCUT2D eigenvalue weighted by Gasteiger charge is -2.02. The van der Waals surface area contributed by atoms with E-state index in [0.717, 1.165) is 13.7 Å². The molecule has 1 atom stereocenters. The van der Waals surface area contributed by atoms with Crippen molar-refractivity contribution in [1.82, 2.24) is 0 Å². The van der Waals surface area contributed by atoms with Crippen LogP contribution in [0.25, 0.3) is 0 Å². The summed E-state index contributed by atoms with van der Waals surface area (Å²) in [4.78, 5) is 3.59. The molecule has 0 nitrogen and oxygen atoms in total. The van der Waals surface area contributed by atoms with Crippen molar-refractivity contribution < 1.29 is 0 Å². The SMILES string of the molecule is Cc1cc(C(Cl)c2cc(Br)c(Cl)s2)sc1C. The summed E-state index contributed by atoms with van der Waals surface area (Å²) in [5, 5.41) is -0.0915. The zero-order valence-corrected chi connectivity index (χ0v) is 13.4. The number of hydrogen-bond acceptors (Lipinski definition) is 2. The van der Waals surface area contributed by atoms with Crippen molar-refractivity contribution in [2.75, 3.05) is 0 Å². The van der Waals surface area contributed by atoms with Crippen molar-refractivity contribution in [3.05, 3.63) is 41.1 Å². The Hall–Kier alpha value is 0.460. The average Bonchev–Trinajstić information content (AvgIpc) is 2.72. The second-order valence-electron chi connectivity index (χ2n) is 3.52. The van der Waals surface area contributed by atoms with E-state index >= 15 is 0 Å². The van der Waals surface area contributed by atoms with Crippen LogP contribution in [0.5, 0.6) is 0 Å². The van der Waals surface area contributed by atoms with Crippen molar-refractivity contribution in [3.8, 4) is 0 Å². The fourth-order valence-electron chi connectivity index (χ4n) is 1.36. The van der Waals surface area contributed by atoms with Gasteiger partial charge in [0.05, 0.1) is 0 Å². The minimum absolute atomic E-state index is 0.0915. The van der Waals surface area contributed by atoms with E-state index in [4.69, 9.17) is 23.2 Å². The fraction of sp³-hybridized carbons (Fsp3) is 0.273. The molecule has 0 N–H and O–H groups in total. The zero-order valence-electron chi connectivity index (χ0n) is 8.68. The third-order valence-corrected chi connectivity index (χ3v) is 6.83. The molecular formula is C11H9BrCl2S2. The topological polar surface area (TPSA) is 0 Å². The molecule has 0 fully saturated rings. The summed E-state index contributed by atoms with van der Waals surface area (Å²) < 4.78 is 1.68. The lowest BCUT2D eigenvalue weighted by Crippen LogP contribution is -1.84. The van der Waals surface area contributed by atoms with Crippen LogP contribution in [0, 0.1) is 13.8 Å². The van der Waals surface area contributed by atoms with Gasteiger partial charge >= 0.3 is 0 Å². The maximum absolute atomic E-state index is 6.44. The van der Waals surface area contributed by atoms with Crippen LogP contribution in [-0.2, 0) is 0 Å². The Balaban J connectivity index is 2.34. The maximum Gasteiger partial charge on any atom is 0.107 e. The summed E-state index contributed by atoms with van der Waals surface area (Å²) in [5.41, 5.74) is 1.30. The van der Waals surface area contributed by atoms with Gasteiger partial charge in [-0.2, -0.15) is 0 Å². The van der Waals surface area contributed by atoms with E-state index in [1.807, 2.05) is 6.07 Å². The summed E-state index contributed by atoms with van der Waals surface area (Å²) in [5.74, 6) is 0. The maximum atomic E-state index is 6.44. The first-order valence-electron chi connectivity index (χ1n) is 4.64. The van der Waals surface area contributed by atoms with Crippen LogP contribution >= 0.6 is 61.8 Å². The summed E-state index contributed by atoms with van der Waals surface area (Å²) in [6.07, 6.45) is 0. The molecule has 2 rings (SSSR count). The van der Waals surface area contributed by atoms with Crippen molar-refractivity contribution in [3.63, 3.8) is 0 Å². The fourth-order valence-corrected chi connectivity index (χ4v) is 4.60. The first kappa shape index (κ1) is 12.9. The highest BCUT2D eigenvalue weighted by atomic mass is 79.9. The second-order valence-corrected chi connectivity index (χ2v) is 7.79. The van der Waals surface area contributed by atoms with Crippen molar-refractivity contribution >= 4 is 61.8 Å². The molecule has 0 spiro atoms. The summed E-state index contributed by atoms with van der Waals surface area (Å²) in [7, 11) is 0. The van der Waals surface area contributed by atoms with Gasteiger partial charge in [0.1, 0.15) is 9.71 Å². The van der Waals surface area contributed by atoms with E-state index in [2.05, 4.69) is 35.8 Å². The Labute approximate surface area is 121 Å². The van der Waals surface area contributed by atoms with Crippen LogP contribution in [0.15, 0.2) is 16.6 Å². The molecule has 5 heteroatoms. The van der Waals surface area contributed by atoms with Gasteiger partial charge in [-0.3, -0.25) is 0 Å². The summed E-state index contributed by atoms with van der Waals surface area (Å²) >= 11 is 19.1. The zero-order chi connectivity index (χ0) is 11.9. The molecular weight excluding hydrogens is 347 g/mol. The van der Waals surface area contributed by atoms with E-state index in [0.29, 0.717) is 0 Å². The molecule has 0 aliphatic carbocycles. The lowest BCUT2D eigenvalue weighted by molar-refractivity contribution is 1.23. The monoisotopic (exact) mass is 354 g/mol. The predicted molar refractivity (Wildman–Crippen MR) is 78.5 cm³/mol. The molecule has 0 aromatic carbocycles. The van der Waals surface area contributed by atoms with Gasteiger partial charge in [-0.25, -0.2) is 0 Å². The van der Waals surface area contributed by atoms with Gasteiger partial charge < -0.3 is 0 Å². The van der Waals surface area contributed by atoms with Crippen LogP contribution in [-0.4, -0.2) is 0 Å². The summed E-state index contributed by atoms with van der Waals surface area (Å²) in [6, 6.07) is 4.15. The Bertz CT molecular complexity index is 431. The van der Waals surface area contributed by atoms with Gasteiger partial charge in [0.2, 0.25) is 0 Å². The molecule has 0 saturated heterocycles. The highest BCUT2D eigenvalue weighted by Crippen LogP contribution is 2.42. The van der Waals surface area contributed by atoms with Crippen LogP contribution in [0.3, 0.4) is 0 Å². The molecule has 2 heterocycles. The number of aryl methyl sites for hydroxylation is 2. The smallest absolute Gasteiger partial charge is 0.107 e. The molecule has 2 aromatic rings. The quantitative estimate of drug-likeness (QED) is 0.565. The van der Waals surface area contributed by atoms with Crippen molar-refractivity contribution in [2.45, 2.75) is 19.2 Å². The average molecular weight is 356 g/mol. The van der Waals surface area contributed by atoms with Gasteiger partial charge in [-0.1, -0.05) is 11.6 Å². The van der Waals surface area contributed by atoms with E-state index in [1.54, 1.807) is 11.3 Å². The minimum atomic E-state index is -0.0915. The van der Waals surface area contributed by atoms with E-state index in [9.17, 15) is 0 Å². The standard InChI is InChI=1S/C11H9BrCl2S2/c1-5-3-8(15-6(5)2)10(13)9-4-7(12)11(14)16-9/h3-4,10H,1-2H3. The molecule has 0 aliphatic rings. The van der Waals surface area contributed by atoms with Gasteiger partial charge in [0.25, 0.3) is 0 Å². The third-order valence-electron chi connectivity index (χ3n) is 2.35. The predicted octanol–water partition coefficient (Wildman–Crippen LogP) is 6.17. The molecule has 0 bridgehead atoms. The van der Waals surface area contributed by atoms with Crippen LogP contribution in [0.4, 0.5) is 0 Å². The van der Waals surface area contributed by atoms with Gasteiger partial charge in [-0.05, 0) is 47.5 Å². The highest BCUT2D eigenvalue weighted by Gasteiger charge is 2.17. The van der Waals surface area contributed by atoms with E-state index < -0.39 is 0 Å². The Kier molecular flexibility index (Phi) is 4.02. The van der Waals surface area contributed by atoms with Gasteiger partial charge in [-0.15, -0.1) is 34.3 Å². The molecule has 0 amide bonds. The van der Waals surface area contributed by atoms with E-state index in [-0.39, 0.29) is 5.38 Å². The minimum Gasteiger partial charge on any atom is -0.143 e. The lowest BCUT2D eigenvalue weighted by atomic mass is 10.2. The van der Waals surface area contributed by atoms with Gasteiger partial charge in [0.15, 0.2) is 0 Å². The normalized spacial score (nSPS) is 13.1. The number of alkyl halides is 1. The van der Waals surface area contributed by atoms with Crippen LogP contribution < -0.4 is 0 Å². The van der Waals surface area contributed by atoms with Crippen LogP contribution in [0.2, 0.25) is 4.34 Å². The van der Waals surface area contributed by atoms with Crippen molar-refractivity contribution in [2.24, 2.45) is 0 Å². The Morgan fingerprint density at radius 1 is 1.19 bits per heavy atom. The molecule has 0 saturated carbocycles. The highest BCUT2D eigenvalue weighted by molar-refractivity contribution is 9.10.